The second-order valence-electron chi connectivity index (χ2n) is 8.02. The lowest BCUT2D eigenvalue weighted by molar-refractivity contribution is 0.102. The molecule has 0 aliphatic carbocycles. The third-order valence-electron chi connectivity index (χ3n) is 4.76. The van der Waals surface area contributed by atoms with E-state index in [0.717, 1.165) is 5.69 Å². The molecule has 0 aliphatic heterocycles. The molecule has 2 aromatic carbocycles. The Morgan fingerprint density at radius 1 is 1.07 bits per heavy atom. The summed E-state index contributed by atoms with van der Waals surface area (Å²) in [6.45, 7) is 7.85. The zero-order valence-corrected chi connectivity index (χ0v) is 18.6. The van der Waals surface area contributed by atoms with Crippen LogP contribution in [-0.2, 0) is 15.6 Å². The highest BCUT2D eigenvalue weighted by Crippen LogP contribution is 2.24. The average Bonchev–Trinajstić information content (AvgIpc) is 3.10. The van der Waals surface area contributed by atoms with Crippen molar-refractivity contribution in [2.45, 2.75) is 38.1 Å². The van der Waals surface area contributed by atoms with Gasteiger partial charge in [-0.15, -0.1) is 0 Å². The summed E-state index contributed by atoms with van der Waals surface area (Å²) in [6, 6.07) is 15.0. The Bertz CT molecular complexity index is 1160. The Kier molecular flexibility index (Phi) is 5.72. The van der Waals surface area contributed by atoms with Crippen molar-refractivity contribution in [1.82, 2.24) is 9.78 Å². The van der Waals surface area contributed by atoms with Crippen LogP contribution < -0.4 is 9.62 Å². The molecule has 0 fully saturated rings. The van der Waals surface area contributed by atoms with E-state index < -0.39 is 10.0 Å². The summed E-state index contributed by atoms with van der Waals surface area (Å²) in [4.78, 5) is 12.9. The average molecular weight is 427 g/mol. The van der Waals surface area contributed by atoms with Crippen molar-refractivity contribution >= 4 is 27.3 Å². The van der Waals surface area contributed by atoms with E-state index in [9.17, 15) is 13.2 Å². The Labute approximate surface area is 177 Å². The second kappa shape index (κ2) is 7.95. The minimum absolute atomic E-state index is 0.0914. The van der Waals surface area contributed by atoms with Crippen molar-refractivity contribution in [2.24, 2.45) is 0 Å². The van der Waals surface area contributed by atoms with Gasteiger partial charge in [0, 0.05) is 18.4 Å². The van der Waals surface area contributed by atoms with Crippen molar-refractivity contribution in [2.75, 3.05) is 16.7 Å². The van der Waals surface area contributed by atoms with E-state index >= 15 is 0 Å². The molecule has 0 bridgehead atoms. The fraction of sp³-hybridized carbons (Fsp3) is 0.273. The van der Waals surface area contributed by atoms with Crippen LogP contribution in [-0.4, -0.2) is 31.2 Å². The van der Waals surface area contributed by atoms with Gasteiger partial charge in [-0.2, -0.15) is 5.10 Å². The molecule has 0 unspecified atom stereocenters. The quantitative estimate of drug-likeness (QED) is 0.668. The molecule has 158 valence electrons. The number of anilines is 2. The van der Waals surface area contributed by atoms with E-state index in [-0.39, 0.29) is 16.3 Å². The molecule has 0 atom stereocenters. The monoisotopic (exact) mass is 426 g/mol. The maximum Gasteiger partial charge on any atom is 0.264 e. The van der Waals surface area contributed by atoms with Crippen LogP contribution in [0.5, 0.6) is 0 Å². The summed E-state index contributed by atoms with van der Waals surface area (Å²) < 4.78 is 29.0. The molecule has 3 rings (SSSR count). The Hall–Kier alpha value is -3.13. The summed E-state index contributed by atoms with van der Waals surface area (Å²) in [6.07, 6.45) is 1.53. The predicted molar refractivity (Wildman–Crippen MR) is 118 cm³/mol. The molecule has 0 saturated carbocycles. The van der Waals surface area contributed by atoms with E-state index in [2.05, 4.69) is 10.4 Å². The minimum atomic E-state index is -3.77. The van der Waals surface area contributed by atoms with Crippen LogP contribution in [0.2, 0.25) is 0 Å². The van der Waals surface area contributed by atoms with Gasteiger partial charge in [0.2, 0.25) is 0 Å². The van der Waals surface area contributed by atoms with Gasteiger partial charge in [-0.3, -0.25) is 13.8 Å². The first kappa shape index (κ1) is 21.6. The summed E-state index contributed by atoms with van der Waals surface area (Å²) in [5.41, 5.74) is 1.88. The van der Waals surface area contributed by atoms with Gasteiger partial charge < -0.3 is 5.32 Å². The summed E-state index contributed by atoms with van der Waals surface area (Å²) in [7, 11) is -2.27. The molecule has 8 heteroatoms. The van der Waals surface area contributed by atoms with Crippen LogP contribution in [0.15, 0.2) is 65.7 Å². The van der Waals surface area contributed by atoms with E-state index in [0.29, 0.717) is 16.9 Å². The largest absolute Gasteiger partial charge is 0.322 e. The predicted octanol–water partition coefficient (Wildman–Crippen LogP) is 4.02. The number of rotatable bonds is 5. The maximum absolute atomic E-state index is 13.0. The van der Waals surface area contributed by atoms with E-state index in [1.54, 1.807) is 41.1 Å². The number of carbonyl (C=O) groups excluding carboxylic acids is 1. The number of para-hydroxylation sites is 1. The maximum atomic E-state index is 13.0. The lowest BCUT2D eigenvalue weighted by Crippen LogP contribution is -2.26. The highest BCUT2D eigenvalue weighted by Gasteiger charge is 2.23. The Morgan fingerprint density at radius 3 is 2.33 bits per heavy atom. The number of hydrogen-bond acceptors (Lipinski definition) is 4. The molecule has 1 N–H and O–H groups in total. The first-order chi connectivity index (χ1) is 14.0. The minimum Gasteiger partial charge on any atom is -0.322 e. The number of nitrogens with zero attached hydrogens (tertiary/aromatic N) is 3. The van der Waals surface area contributed by atoms with Gasteiger partial charge >= 0.3 is 0 Å². The number of aromatic nitrogens is 2. The smallest absolute Gasteiger partial charge is 0.264 e. The molecule has 0 aliphatic rings. The molecule has 7 nitrogen and oxygen atoms in total. The van der Waals surface area contributed by atoms with Gasteiger partial charge in [0.1, 0.15) is 0 Å². The molecule has 1 aromatic heterocycles. The number of nitrogens with one attached hydrogen (secondary N) is 1. The van der Waals surface area contributed by atoms with Crippen LogP contribution >= 0.6 is 0 Å². The zero-order valence-electron chi connectivity index (χ0n) is 17.7. The molecule has 0 saturated heterocycles. The van der Waals surface area contributed by atoms with E-state index in [1.165, 1.54) is 29.7 Å². The zero-order chi connectivity index (χ0) is 22.1. The van der Waals surface area contributed by atoms with Crippen LogP contribution in [0, 0.1) is 6.92 Å². The third kappa shape index (κ3) is 4.23. The third-order valence-corrected chi connectivity index (χ3v) is 6.54. The summed E-state index contributed by atoms with van der Waals surface area (Å²) in [5, 5.41) is 7.10. The molecule has 3 aromatic rings. The number of carbonyl (C=O) groups is 1. The topological polar surface area (TPSA) is 84.3 Å². The van der Waals surface area contributed by atoms with Crippen LogP contribution in [0.4, 0.5) is 11.4 Å². The molecule has 1 amide bonds. The normalized spacial score (nSPS) is 11.9. The molecule has 30 heavy (non-hydrogen) atoms. The summed E-state index contributed by atoms with van der Waals surface area (Å²) in [5.74, 6) is -0.339. The SMILES string of the molecule is Cc1c(C(=O)Nc2cccc(S(=O)(=O)N(C)c3ccccc3)c2)cnn1C(C)(C)C. The molecule has 0 radical (unpaired) electrons. The Balaban J connectivity index is 1.86. The molecule has 1 heterocycles. The first-order valence-corrected chi connectivity index (χ1v) is 11.0. The highest BCUT2D eigenvalue weighted by atomic mass is 32.2. The lowest BCUT2D eigenvalue weighted by atomic mass is 10.1. The van der Waals surface area contributed by atoms with Gasteiger partial charge in [0.25, 0.3) is 15.9 Å². The molecule has 0 spiro atoms. The van der Waals surface area contributed by atoms with Gasteiger partial charge in [-0.25, -0.2) is 8.42 Å². The summed E-state index contributed by atoms with van der Waals surface area (Å²) >= 11 is 0. The van der Waals surface area contributed by atoms with Gasteiger partial charge in [0.05, 0.1) is 27.9 Å². The second-order valence-corrected chi connectivity index (χ2v) is 9.99. The molecular weight excluding hydrogens is 400 g/mol. The number of benzene rings is 2. The fourth-order valence-corrected chi connectivity index (χ4v) is 4.42. The van der Waals surface area contributed by atoms with Crippen LogP contribution in [0.3, 0.4) is 0 Å². The standard InChI is InChI=1S/C22H26N4O3S/c1-16-20(15-23-26(16)22(2,3)4)21(27)24-17-10-9-13-19(14-17)30(28,29)25(5)18-11-7-6-8-12-18/h6-15H,1-5H3,(H,24,27). The number of hydrogen-bond donors (Lipinski definition) is 1. The van der Waals surface area contributed by atoms with Gasteiger partial charge in [-0.05, 0) is 58.0 Å². The molecular formula is C22H26N4O3S. The van der Waals surface area contributed by atoms with E-state index in [4.69, 9.17) is 0 Å². The first-order valence-electron chi connectivity index (χ1n) is 9.52. The number of amides is 1. The van der Waals surface area contributed by atoms with Gasteiger partial charge in [-0.1, -0.05) is 24.3 Å². The lowest BCUT2D eigenvalue weighted by Gasteiger charge is -2.21. The van der Waals surface area contributed by atoms with Crippen LogP contribution in [0.1, 0.15) is 36.8 Å². The van der Waals surface area contributed by atoms with Gasteiger partial charge in [0.15, 0.2) is 0 Å². The fourth-order valence-electron chi connectivity index (χ4n) is 3.18. The van der Waals surface area contributed by atoms with Crippen molar-refractivity contribution in [3.63, 3.8) is 0 Å². The van der Waals surface area contributed by atoms with Crippen molar-refractivity contribution in [1.29, 1.82) is 0 Å². The van der Waals surface area contributed by atoms with Crippen molar-refractivity contribution in [3.8, 4) is 0 Å². The Morgan fingerprint density at radius 2 is 1.73 bits per heavy atom. The number of sulfonamides is 1. The van der Waals surface area contributed by atoms with E-state index in [1.807, 2.05) is 33.8 Å². The van der Waals surface area contributed by atoms with Crippen molar-refractivity contribution in [3.05, 3.63) is 72.1 Å². The van der Waals surface area contributed by atoms with Crippen molar-refractivity contribution < 1.29 is 13.2 Å². The van der Waals surface area contributed by atoms with Crippen LogP contribution in [0.25, 0.3) is 0 Å². The highest BCUT2D eigenvalue weighted by molar-refractivity contribution is 7.92.